The number of methoxy groups -OCH3 is 1. The van der Waals surface area contributed by atoms with Gasteiger partial charge in [-0.2, -0.15) is 4.31 Å². The molecule has 0 unspecified atom stereocenters. The van der Waals surface area contributed by atoms with Gasteiger partial charge in [0.15, 0.2) is 0 Å². The van der Waals surface area contributed by atoms with Crippen molar-refractivity contribution in [3.05, 3.63) is 65.7 Å². The van der Waals surface area contributed by atoms with Crippen LogP contribution in [0.15, 0.2) is 59.5 Å². The number of piperidine rings is 1. The Morgan fingerprint density at radius 3 is 2.34 bits per heavy atom. The predicted octanol–water partition coefficient (Wildman–Crippen LogP) is 2.87. The van der Waals surface area contributed by atoms with Gasteiger partial charge in [0.1, 0.15) is 6.04 Å². The summed E-state index contributed by atoms with van der Waals surface area (Å²) in [5.74, 6) is -0.548. The molecule has 1 saturated heterocycles. The summed E-state index contributed by atoms with van der Waals surface area (Å²) in [7, 11) is -2.46. The molecule has 1 aliphatic rings. The largest absolute Gasteiger partial charge is 0.467 e. The fraction of sp³-hybridized carbons (Fsp3) is 0.417. The molecule has 0 radical (unpaired) electrons. The molecule has 0 spiro atoms. The van der Waals surface area contributed by atoms with Crippen molar-refractivity contribution in [1.29, 1.82) is 0 Å². The van der Waals surface area contributed by atoms with Crippen molar-refractivity contribution in [3.63, 3.8) is 0 Å². The van der Waals surface area contributed by atoms with Crippen molar-refractivity contribution in [2.45, 2.75) is 37.6 Å². The summed E-state index contributed by atoms with van der Waals surface area (Å²) in [6.07, 6.45) is 1.26. The quantitative estimate of drug-likeness (QED) is 0.644. The molecule has 8 heteroatoms. The van der Waals surface area contributed by atoms with Gasteiger partial charge in [-0.3, -0.25) is 4.79 Å². The second-order valence-electron chi connectivity index (χ2n) is 8.53. The SMILES string of the molecule is COC(=O)[C@H](Cc1ccccc1)NC(=O)c1cccc(S(=O)(=O)N2C[C@@H](C)C[C@H](C)C2)c1. The third kappa shape index (κ3) is 5.75. The Hall–Kier alpha value is -2.71. The summed E-state index contributed by atoms with van der Waals surface area (Å²) < 4.78 is 32.7. The van der Waals surface area contributed by atoms with E-state index in [1.54, 1.807) is 6.07 Å². The topological polar surface area (TPSA) is 92.8 Å². The highest BCUT2D eigenvalue weighted by Gasteiger charge is 2.32. The van der Waals surface area contributed by atoms with Crippen molar-refractivity contribution >= 4 is 21.9 Å². The third-order valence-corrected chi connectivity index (χ3v) is 7.47. The molecule has 2 aromatic rings. The van der Waals surface area contributed by atoms with E-state index in [2.05, 4.69) is 5.32 Å². The monoisotopic (exact) mass is 458 g/mol. The zero-order chi connectivity index (χ0) is 23.3. The number of carbonyl (C=O) groups is 2. The maximum absolute atomic E-state index is 13.2. The van der Waals surface area contributed by atoms with Crippen molar-refractivity contribution in [3.8, 4) is 0 Å². The average molecular weight is 459 g/mol. The van der Waals surface area contributed by atoms with E-state index in [9.17, 15) is 18.0 Å². The van der Waals surface area contributed by atoms with E-state index in [-0.39, 0.29) is 28.7 Å². The Morgan fingerprint density at radius 1 is 1.06 bits per heavy atom. The molecule has 3 atom stereocenters. The van der Waals surface area contributed by atoms with E-state index in [1.807, 2.05) is 44.2 Å². The van der Waals surface area contributed by atoms with Crippen LogP contribution in [-0.2, 0) is 26.0 Å². The van der Waals surface area contributed by atoms with E-state index in [0.29, 0.717) is 13.1 Å². The fourth-order valence-corrected chi connectivity index (χ4v) is 5.90. The first kappa shape index (κ1) is 23.9. The molecule has 7 nitrogen and oxygen atoms in total. The minimum absolute atomic E-state index is 0.0733. The predicted molar refractivity (Wildman–Crippen MR) is 122 cm³/mol. The Kier molecular flexibility index (Phi) is 7.69. The second kappa shape index (κ2) is 10.3. The van der Waals surface area contributed by atoms with Crippen LogP contribution in [0.4, 0.5) is 0 Å². The normalized spacial score (nSPS) is 20.3. The van der Waals surface area contributed by atoms with Crippen LogP contribution in [0.2, 0.25) is 0 Å². The van der Waals surface area contributed by atoms with Crippen molar-refractivity contribution in [1.82, 2.24) is 9.62 Å². The first-order valence-corrected chi connectivity index (χ1v) is 12.2. The first-order valence-electron chi connectivity index (χ1n) is 10.7. The minimum atomic E-state index is -3.72. The highest BCUT2D eigenvalue weighted by molar-refractivity contribution is 7.89. The summed E-state index contributed by atoms with van der Waals surface area (Å²) in [4.78, 5) is 25.2. The number of hydrogen-bond acceptors (Lipinski definition) is 5. The first-order chi connectivity index (χ1) is 15.2. The number of carbonyl (C=O) groups excluding carboxylic acids is 2. The molecule has 0 bridgehead atoms. The molecule has 32 heavy (non-hydrogen) atoms. The molecular formula is C24H30N2O5S. The van der Waals surface area contributed by atoms with Gasteiger partial charge in [-0.1, -0.05) is 50.2 Å². The van der Waals surface area contributed by atoms with Crippen molar-refractivity contribution < 1.29 is 22.7 Å². The van der Waals surface area contributed by atoms with E-state index in [1.165, 1.54) is 29.6 Å². The van der Waals surface area contributed by atoms with Gasteiger partial charge in [0.25, 0.3) is 5.91 Å². The molecule has 2 aromatic carbocycles. The minimum Gasteiger partial charge on any atom is -0.467 e. The van der Waals surface area contributed by atoms with Crippen LogP contribution in [-0.4, -0.2) is 50.8 Å². The third-order valence-electron chi connectivity index (χ3n) is 5.64. The van der Waals surface area contributed by atoms with Gasteiger partial charge >= 0.3 is 5.97 Å². The van der Waals surface area contributed by atoms with Gasteiger partial charge < -0.3 is 10.1 Å². The molecule has 3 rings (SSSR count). The zero-order valence-electron chi connectivity index (χ0n) is 18.7. The molecule has 0 saturated carbocycles. The summed E-state index contributed by atoms with van der Waals surface area (Å²) in [5, 5.41) is 2.68. The molecule has 0 aromatic heterocycles. The maximum Gasteiger partial charge on any atom is 0.328 e. The molecule has 0 aliphatic carbocycles. The number of rotatable bonds is 7. The van der Waals surface area contributed by atoms with Crippen LogP contribution in [0.1, 0.15) is 36.2 Å². The second-order valence-corrected chi connectivity index (χ2v) is 10.5. The Morgan fingerprint density at radius 2 is 1.72 bits per heavy atom. The lowest BCUT2D eigenvalue weighted by Gasteiger charge is -2.34. The number of hydrogen-bond donors (Lipinski definition) is 1. The zero-order valence-corrected chi connectivity index (χ0v) is 19.5. The highest BCUT2D eigenvalue weighted by Crippen LogP contribution is 2.27. The van der Waals surface area contributed by atoms with Crippen LogP contribution in [0.3, 0.4) is 0 Å². The molecule has 1 N–H and O–H groups in total. The summed E-state index contributed by atoms with van der Waals surface area (Å²) in [6.45, 7) is 5.01. The lowest BCUT2D eigenvalue weighted by Crippen LogP contribution is -2.43. The van der Waals surface area contributed by atoms with Crippen LogP contribution in [0.25, 0.3) is 0 Å². The Labute approximate surface area is 189 Å². The van der Waals surface area contributed by atoms with Crippen molar-refractivity contribution in [2.75, 3.05) is 20.2 Å². The summed E-state index contributed by atoms with van der Waals surface area (Å²) in [6, 6.07) is 14.3. The van der Waals surface area contributed by atoms with E-state index in [4.69, 9.17) is 4.74 Å². The molecule has 172 valence electrons. The Bertz CT molecular complexity index is 1050. The average Bonchev–Trinajstić information content (AvgIpc) is 2.78. The van der Waals surface area contributed by atoms with E-state index < -0.39 is 27.9 Å². The smallest absolute Gasteiger partial charge is 0.328 e. The van der Waals surface area contributed by atoms with Crippen LogP contribution in [0, 0.1) is 11.8 Å². The summed E-state index contributed by atoms with van der Waals surface area (Å²) >= 11 is 0. The number of ether oxygens (including phenoxy) is 1. The number of nitrogens with one attached hydrogen (secondary N) is 1. The summed E-state index contributed by atoms with van der Waals surface area (Å²) in [5.41, 5.74) is 1.04. The number of amides is 1. The number of benzene rings is 2. The standard InChI is InChI=1S/C24H30N2O5S/c1-17-12-18(2)16-26(15-17)32(29,30)21-11-7-10-20(14-21)23(27)25-22(24(28)31-3)13-19-8-5-4-6-9-19/h4-11,14,17-18,22H,12-13,15-16H2,1-3H3,(H,25,27)/t17-,18-,22-/m0/s1. The van der Waals surface area contributed by atoms with Gasteiger partial charge in [-0.15, -0.1) is 0 Å². The van der Waals surface area contributed by atoms with Gasteiger partial charge in [-0.25, -0.2) is 13.2 Å². The molecule has 1 fully saturated rings. The van der Waals surface area contributed by atoms with Gasteiger partial charge in [0, 0.05) is 25.1 Å². The number of esters is 1. The fourth-order valence-electron chi connectivity index (χ4n) is 4.18. The van der Waals surface area contributed by atoms with Crippen LogP contribution < -0.4 is 5.32 Å². The maximum atomic E-state index is 13.2. The van der Waals surface area contributed by atoms with Crippen LogP contribution in [0.5, 0.6) is 0 Å². The molecule has 1 amide bonds. The van der Waals surface area contributed by atoms with Gasteiger partial charge in [-0.05, 0) is 42.0 Å². The van der Waals surface area contributed by atoms with Gasteiger partial charge in [0.2, 0.25) is 10.0 Å². The van der Waals surface area contributed by atoms with Crippen LogP contribution >= 0.6 is 0 Å². The highest BCUT2D eigenvalue weighted by atomic mass is 32.2. The van der Waals surface area contributed by atoms with E-state index >= 15 is 0 Å². The molecule has 1 aliphatic heterocycles. The lowest BCUT2D eigenvalue weighted by molar-refractivity contribution is -0.142. The van der Waals surface area contributed by atoms with Crippen molar-refractivity contribution in [2.24, 2.45) is 11.8 Å². The molecular weight excluding hydrogens is 428 g/mol. The van der Waals surface area contributed by atoms with Gasteiger partial charge in [0.05, 0.1) is 12.0 Å². The van der Waals surface area contributed by atoms with E-state index in [0.717, 1.165) is 12.0 Å². The number of sulfonamides is 1. The molecule has 1 heterocycles. The Balaban J connectivity index is 1.79. The lowest BCUT2D eigenvalue weighted by atomic mass is 9.94. The number of nitrogens with zero attached hydrogens (tertiary/aromatic N) is 1.